The molecule has 21 heavy (non-hydrogen) atoms. The number of hydrogen-bond donors (Lipinski definition) is 2. The van der Waals surface area contributed by atoms with Gasteiger partial charge in [-0.25, -0.2) is 8.78 Å². The minimum absolute atomic E-state index is 0.137. The normalized spacial score (nSPS) is 10.3. The Morgan fingerprint density at radius 2 is 1.90 bits per heavy atom. The number of aryl methyl sites for hydroxylation is 1. The number of methoxy groups -OCH3 is 1. The number of nitrogen functional groups attached to an aromatic ring is 1. The molecule has 2 aromatic rings. The largest absolute Gasteiger partial charge is 0.496 e. The van der Waals surface area contributed by atoms with E-state index in [0.717, 1.165) is 12.1 Å². The fourth-order valence-corrected chi connectivity index (χ4v) is 1.83. The van der Waals surface area contributed by atoms with Crippen LogP contribution in [-0.2, 0) is 0 Å². The van der Waals surface area contributed by atoms with Gasteiger partial charge < -0.3 is 15.8 Å². The van der Waals surface area contributed by atoms with Gasteiger partial charge in [-0.2, -0.15) is 0 Å². The van der Waals surface area contributed by atoms with E-state index >= 15 is 0 Å². The Morgan fingerprint density at radius 3 is 2.57 bits per heavy atom. The van der Waals surface area contributed by atoms with Crippen molar-refractivity contribution in [2.45, 2.75) is 6.92 Å². The maximum Gasteiger partial charge on any atom is 0.259 e. The molecule has 0 aliphatic carbocycles. The molecule has 0 atom stereocenters. The van der Waals surface area contributed by atoms with Gasteiger partial charge in [-0.05, 0) is 36.8 Å². The third kappa shape index (κ3) is 3.10. The van der Waals surface area contributed by atoms with Gasteiger partial charge in [0, 0.05) is 11.8 Å². The van der Waals surface area contributed by atoms with Crippen molar-refractivity contribution >= 4 is 17.3 Å². The predicted octanol–water partition coefficient (Wildman–Crippen LogP) is 3.12. The lowest BCUT2D eigenvalue weighted by atomic mass is 10.1. The SMILES string of the molecule is COc1ccc(N)cc1C(=O)Nc1cc(F)c(C)cc1F. The predicted molar refractivity (Wildman–Crippen MR) is 76.5 cm³/mol. The van der Waals surface area contributed by atoms with E-state index in [1.807, 2.05) is 0 Å². The summed E-state index contributed by atoms with van der Waals surface area (Å²) in [5.74, 6) is -1.67. The zero-order chi connectivity index (χ0) is 15.6. The number of nitrogens with two attached hydrogens (primary N) is 1. The van der Waals surface area contributed by atoms with Crippen LogP contribution in [0.25, 0.3) is 0 Å². The van der Waals surface area contributed by atoms with E-state index in [-0.39, 0.29) is 22.6 Å². The smallest absolute Gasteiger partial charge is 0.259 e. The van der Waals surface area contributed by atoms with Gasteiger partial charge in [-0.3, -0.25) is 4.79 Å². The summed E-state index contributed by atoms with van der Waals surface area (Å²) in [5.41, 5.74) is 6.03. The molecule has 0 fully saturated rings. The van der Waals surface area contributed by atoms with Gasteiger partial charge in [0.05, 0.1) is 18.4 Å². The summed E-state index contributed by atoms with van der Waals surface area (Å²) in [5, 5.41) is 2.31. The van der Waals surface area contributed by atoms with Crippen molar-refractivity contribution in [3.63, 3.8) is 0 Å². The highest BCUT2D eigenvalue weighted by Gasteiger charge is 2.16. The minimum atomic E-state index is -0.717. The van der Waals surface area contributed by atoms with Crippen molar-refractivity contribution < 1.29 is 18.3 Å². The van der Waals surface area contributed by atoms with Crippen LogP contribution in [0.1, 0.15) is 15.9 Å². The molecule has 110 valence electrons. The molecule has 2 aromatic carbocycles. The standard InChI is InChI=1S/C15H14F2N2O2/c1-8-5-12(17)13(7-11(8)16)19-15(20)10-6-9(18)3-4-14(10)21-2/h3-7H,18H2,1-2H3,(H,19,20). The average Bonchev–Trinajstić information content (AvgIpc) is 2.44. The van der Waals surface area contributed by atoms with Crippen LogP contribution >= 0.6 is 0 Å². The van der Waals surface area contributed by atoms with E-state index in [9.17, 15) is 13.6 Å². The molecule has 4 nitrogen and oxygen atoms in total. The highest BCUT2D eigenvalue weighted by molar-refractivity contribution is 6.06. The van der Waals surface area contributed by atoms with Crippen LogP contribution in [0.15, 0.2) is 30.3 Å². The van der Waals surface area contributed by atoms with Crippen molar-refractivity contribution in [1.29, 1.82) is 0 Å². The molecule has 3 N–H and O–H groups in total. The molecular weight excluding hydrogens is 278 g/mol. The molecule has 0 bridgehead atoms. The molecular formula is C15H14F2N2O2. The molecule has 2 rings (SSSR count). The summed E-state index contributed by atoms with van der Waals surface area (Å²) in [4.78, 5) is 12.2. The summed E-state index contributed by atoms with van der Waals surface area (Å²) in [6, 6.07) is 6.44. The molecule has 1 amide bonds. The highest BCUT2D eigenvalue weighted by Crippen LogP contribution is 2.24. The monoisotopic (exact) mass is 292 g/mol. The van der Waals surface area contributed by atoms with Crippen LogP contribution in [-0.4, -0.2) is 13.0 Å². The van der Waals surface area contributed by atoms with Crippen LogP contribution in [0.4, 0.5) is 20.2 Å². The number of amides is 1. The first-order valence-electron chi connectivity index (χ1n) is 6.13. The molecule has 0 saturated carbocycles. The zero-order valence-electron chi connectivity index (χ0n) is 11.5. The minimum Gasteiger partial charge on any atom is -0.496 e. The zero-order valence-corrected chi connectivity index (χ0v) is 11.5. The van der Waals surface area contributed by atoms with E-state index in [4.69, 9.17) is 10.5 Å². The Bertz CT molecular complexity index is 702. The molecule has 0 radical (unpaired) electrons. The van der Waals surface area contributed by atoms with Crippen LogP contribution in [0.3, 0.4) is 0 Å². The Morgan fingerprint density at radius 1 is 1.19 bits per heavy atom. The number of rotatable bonds is 3. The third-order valence-corrected chi connectivity index (χ3v) is 2.96. The van der Waals surface area contributed by atoms with Gasteiger partial charge in [0.15, 0.2) is 0 Å². The van der Waals surface area contributed by atoms with Crippen LogP contribution in [0, 0.1) is 18.6 Å². The number of ether oxygens (including phenoxy) is 1. The van der Waals surface area contributed by atoms with Gasteiger partial charge in [-0.1, -0.05) is 0 Å². The van der Waals surface area contributed by atoms with Gasteiger partial charge in [-0.15, -0.1) is 0 Å². The van der Waals surface area contributed by atoms with Gasteiger partial charge in [0.25, 0.3) is 5.91 Å². The molecule has 0 aliphatic heterocycles. The summed E-state index contributed by atoms with van der Waals surface area (Å²) < 4.78 is 32.2. The first-order valence-corrected chi connectivity index (χ1v) is 6.13. The summed E-state index contributed by atoms with van der Waals surface area (Å²) in [6.45, 7) is 1.44. The van der Waals surface area contributed by atoms with Crippen molar-refractivity contribution in [2.75, 3.05) is 18.2 Å². The lowest BCUT2D eigenvalue weighted by Gasteiger charge is -2.11. The Hall–Kier alpha value is -2.63. The number of carbonyl (C=O) groups excluding carboxylic acids is 1. The molecule has 0 aliphatic rings. The molecule has 6 heteroatoms. The Kier molecular flexibility index (Phi) is 4.07. The topological polar surface area (TPSA) is 64.3 Å². The average molecular weight is 292 g/mol. The van der Waals surface area contributed by atoms with E-state index in [2.05, 4.69) is 5.32 Å². The molecule has 0 aromatic heterocycles. The Labute approximate surface area is 120 Å². The molecule has 0 spiro atoms. The van der Waals surface area contributed by atoms with Crippen molar-refractivity contribution in [3.05, 3.63) is 53.1 Å². The van der Waals surface area contributed by atoms with E-state index in [1.165, 1.54) is 26.2 Å². The fourth-order valence-electron chi connectivity index (χ4n) is 1.83. The van der Waals surface area contributed by atoms with Gasteiger partial charge in [0.2, 0.25) is 0 Å². The van der Waals surface area contributed by atoms with Crippen molar-refractivity contribution in [3.8, 4) is 5.75 Å². The second-order valence-corrected chi connectivity index (χ2v) is 4.50. The number of benzene rings is 2. The molecule has 0 unspecified atom stereocenters. The summed E-state index contributed by atoms with van der Waals surface area (Å²) in [7, 11) is 1.40. The van der Waals surface area contributed by atoms with Crippen LogP contribution in [0.5, 0.6) is 5.75 Å². The van der Waals surface area contributed by atoms with Gasteiger partial charge >= 0.3 is 0 Å². The Balaban J connectivity index is 2.34. The van der Waals surface area contributed by atoms with Gasteiger partial charge in [0.1, 0.15) is 17.4 Å². The van der Waals surface area contributed by atoms with E-state index < -0.39 is 17.5 Å². The fraction of sp³-hybridized carbons (Fsp3) is 0.133. The number of nitrogens with one attached hydrogen (secondary N) is 1. The number of anilines is 2. The van der Waals surface area contributed by atoms with Crippen LogP contribution in [0.2, 0.25) is 0 Å². The van der Waals surface area contributed by atoms with Crippen molar-refractivity contribution in [1.82, 2.24) is 0 Å². The second kappa shape index (κ2) is 5.78. The highest BCUT2D eigenvalue weighted by atomic mass is 19.1. The maximum atomic E-state index is 13.7. The van der Waals surface area contributed by atoms with E-state index in [0.29, 0.717) is 5.69 Å². The summed E-state index contributed by atoms with van der Waals surface area (Å²) in [6.07, 6.45) is 0. The quantitative estimate of drug-likeness (QED) is 0.854. The lowest BCUT2D eigenvalue weighted by Crippen LogP contribution is -2.15. The first-order chi connectivity index (χ1) is 9.92. The first kappa shape index (κ1) is 14.8. The lowest BCUT2D eigenvalue weighted by molar-refractivity contribution is 0.102. The third-order valence-electron chi connectivity index (χ3n) is 2.96. The molecule has 0 saturated heterocycles. The summed E-state index contributed by atoms with van der Waals surface area (Å²) >= 11 is 0. The number of carbonyl (C=O) groups is 1. The van der Waals surface area contributed by atoms with E-state index in [1.54, 1.807) is 6.07 Å². The number of hydrogen-bond acceptors (Lipinski definition) is 3. The number of halogens is 2. The second-order valence-electron chi connectivity index (χ2n) is 4.50. The van der Waals surface area contributed by atoms with Crippen molar-refractivity contribution in [2.24, 2.45) is 0 Å². The molecule has 0 heterocycles. The van der Waals surface area contributed by atoms with Crippen LogP contribution < -0.4 is 15.8 Å². The maximum absolute atomic E-state index is 13.7.